The van der Waals surface area contributed by atoms with Crippen molar-refractivity contribution in [1.29, 1.82) is 0 Å². The van der Waals surface area contributed by atoms with Crippen LogP contribution in [0.5, 0.6) is 0 Å². The second-order valence-corrected chi connectivity index (χ2v) is 6.43. The molecule has 1 aromatic rings. The number of carbonyl (C=O) groups excluding carboxylic acids is 1. The van der Waals surface area contributed by atoms with E-state index >= 15 is 0 Å². The molecule has 1 saturated heterocycles. The van der Waals surface area contributed by atoms with Crippen LogP contribution in [0.2, 0.25) is 0 Å². The summed E-state index contributed by atoms with van der Waals surface area (Å²) in [5.41, 5.74) is 6.77. The topological polar surface area (TPSA) is 89.5 Å². The third-order valence-corrected chi connectivity index (χ3v) is 3.81. The predicted octanol–water partition coefficient (Wildman–Crippen LogP) is 2.38. The molecule has 2 rings (SSSR count). The van der Waals surface area contributed by atoms with Crippen molar-refractivity contribution in [1.82, 2.24) is 4.90 Å². The zero-order valence-corrected chi connectivity index (χ0v) is 12.6. The molecule has 6 heteroatoms. The number of benzene rings is 1. The molecule has 2 atom stereocenters. The van der Waals surface area contributed by atoms with Crippen molar-refractivity contribution in [3.8, 4) is 0 Å². The van der Waals surface area contributed by atoms with Crippen molar-refractivity contribution in [3.63, 3.8) is 0 Å². The highest BCUT2D eigenvalue weighted by Crippen LogP contribution is 2.36. The number of nitro benzene ring substituents is 1. The molecular weight excluding hydrogens is 270 g/mol. The summed E-state index contributed by atoms with van der Waals surface area (Å²) in [6, 6.07) is 5.90. The molecule has 1 amide bonds. The van der Waals surface area contributed by atoms with Gasteiger partial charge >= 0.3 is 0 Å². The number of non-ortho nitro benzene ring substituents is 1. The van der Waals surface area contributed by atoms with E-state index in [1.54, 1.807) is 12.1 Å². The monoisotopic (exact) mass is 291 g/mol. The van der Waals surface area contributed by atoms with Gasteiger partial charge in [0.2, 0.25) is 5.91 Å². The Bertz CT molecular complexity index is 548. The number of carbonyl (C=O) groups is 1. The average molecular weight is 291 g/mol. The number of likely N-dealkylation sites (tertiary alicyclic amines) is 1. The Hall–Kier alpha value is -1.95. The SMILES string of the molecule is CC(C)(C)N1C(=O)CCC(N)C1c1ccc([N+](=O)[O-])cc1. The van der Waals surface area contributed by atoms with Gasteiger partial charge in [-0.3, -0.25) is 14.9 Å². The number of nitro groups is 1. The second kappa shape index (κ2) is 5.44. The van der Waals surface area contributed by atoms with E-state index in [0.29, 0.717) is 12.8 Å². The minimum absolute atomic E-state index is 0.0387. The van der Waals surface area contributed by atoms with Crippen LogP contribution in [0.15, 0.2) is 24.3 Å². The Morgan fingerprint density at radius 3 is 2.33 bits per heavy atom. The number of hydrogen-bond acceptors (Lipinski definition) is 4. The molecule has 2 unspecified atom stereocenters. The van der Waals surface area contributed by atoms with Crippen LogP contribution in [-0.2, 0) is 4.79 Å². The maximum Gasteiger partial charge on any atom is 0.269 e. The van der Waals surface area contributed by atoms with Gasteiger partial charge in [0, 0.05) is 30.1 Å². The zero-order chi connectivity index (χ0) is 15.8. The third-order valence-electron chi connectivity index (χ3n) is 3.81. The summed E-state index contributed by atoms with van der Waals surface area (Å²) in [7, 11) is 0. The molecule has 2 N–H and O–H groups in total. The molecule has 1 aromatic carbocycles. The second-order valence-electron chi connectivity index (χ2n) is 6.43. The lowest BCUT2D eigenvalue weighted by Gasteiger charge is -2.47. The molecule has 114 valence electrons. The highest BCUT2D eigenvalue weighted by atomic mass is 16.6. The number of piperidine rings is 1. The van der Waals surface area contributed by atoms with Crippen LogP contribution in [0, 0.1) is 10.1 Å². The summed E-state index contributed by atoms with van der Waals surface area (Å²) in [6.45, 7) is 5.92. The predicted molar refractivity (Wildman–Crippen MR) is 79.6 cm³/mol. The molecule has 0 saturated carbocycles. The van der Waals surface area contributed by atoms with E-state index in [1.807, 2.05) is 25.7 Å². The first kappa shape index (κ1) is 15.4. The maximum absolute atomic E-state index is 12.3. The molecule has 0 spiro atoms. The molecule has 0 radical (unpaired) electrons. The lowest BCUT2D eigenvalue weighted by Crippen LogP contribution is -2.56. The summed E-state index contributed by atoms with van der Waals surface area (Å²) in [6.07, 6.45) is 1.08. The first-order valence-electron chi connectivity index (χ1n) is 7.04. The molecular formula is C15H21N3O3. The van der Waals surface area contributed by atoms with Gasteiger partial charge in [-0.25, -0.2) is 0 Å². The fourth-order valence-corrected chi connectivity index (χ4v) is 2.90. The Morgan fingerprint density at radius 2 is 1.86 bits per heavy atom. The summed E-state index contributed by atoms with van der Waals surface area (Å²) in [5.74, 6) is 0.0764. The quantitative estimate of drug-likeness (QED) is 0.669. The van der Waals surface area contributed by atoms with Gasteiger partial charge in [0.15, 0.2) is 0 Å². The van der Waals surface area contributed by atoms with E-state index in [4.69, 9.17) is 5.73 Å². The van der Waals surface area contributed by atoms with Crippen molar-refractivity contribution in [2.75, 3.05) is 0 Å². The number of nitrogens with zero attached hydrogens (tertiary/aromatic N) is 2. The minimum Gasteiger partial charge on any atom is -0.329 e. The highest BCUT2D eigenvalue weighted by molar-refractivity contribution is 5.78. The molecule has 1 aliphatic heterocycles. The van der Waals surface area contributed by atoms with Crippen molar-refractivity contribution in [2.24, 2.45) is 5.73 Å². The molecule has 0 aromatic heterocycles. The largest absolute Gasteiger partial charge is 0.329 e. The summed E-state index contributed by atoms with van der Waals surface area (Å²) in [4.78, 5) is 24.4. The molecule has 0 bridgehead atoms. The number of rotatable bonds is 2. The normalized spacial score (nSPS) is 23.2. The minimum atomic E-state index is -0.433. The fraction of sp³-hybridized carbons (Fsp3) is 0.533. The van der Waals surface area contributed by atoms with Gasteiger partial charge in [0.1, 0.15) is 0 Å². The highest BCUT2D eigenvalue weighted by Gasteiger charge is 2.40. The van der Waals surface area contributed by atoms with E-state index in [2.05, 4.69) is 0 Å². The van der Waals surface area contributed by atoms with Crippen molar-refractivity contribution >= 4 is 11.6 Å². The van der Waals surface area contributed by atoms with Gasteiger partial charge in [0.25, 0.3) is 5.69 Å². The van der Waals surface area contributed by atoms with Gasteiger partial charge < -0.3 is 10.6 Å². The summed E-state index contributed by atoms with van der Waals surface area (Å²) in [5, 5.41) is 10.7. The first-order chi connectivity index (χ1) is 9.71. The molecule has 1 heterocycles. The first-order valence-corrected chi connectivity index (χ1v) is 7.04. The summed E-state index contributed by atoms with van der Waals surface area (Å²) < 4.78 is 0. The lowest BCUT2D eigenvalue weighted by molar-refractivity contribution is -0.384. The standard InChI is InChI=1S/C15H21N3O3/c1-15(2,3)17-13(19)9-8-12(16)14(17)10-4-6-11(7-5-10)18(20)21/h4-7,12,14H,8-9,16H2,1-3H3. The number of hydrogen-bond donors (Lipinski definition) is 1. The fourth-order valence-electron chi connectivity index (χ4n) is 2.90. The Labute approximate surface area is 124 Å². The molecule has 0 aliphatic carbocycles. The molecule has 1 fully saturated rings. The zero-order valence-electron chi connectivity index (χ0n) is 12.6. The van der Waals surface area contributed by atoms with Gasteiger partial charge in [-0.05, 0) is 32.8 Å². The van der Waals surface area contributed by atoms with Crippen LogP contribution in [-0.4, -0.2) is 27.3 Å². The van der Waals surface area contributed by atoms with E-state index in [9.17, 15) is 14.9 Å². The Balaban J connectivity index is 2.41. The third kappa shape index (κ3) is 3.05. The van der Waals surface area contributed by atoms with E-state index in [-0.39, 0.29) is 29.2 Å². The van der Waals surface area contributed by atoms with Crippen molar-refractivity contribution in [2.45, 2.75) is 51.2 Å². The van der Waals surface area contributed by atoms with Gasteiger partial charge in [0.05, 0.1) is 11.0 Å². The Kier molecular flexibility index (Phi) is 4.00. The van der Waals surface area contributed by atoms with Crippen LogP contribution >= 0.6 is 0 Å². The number of amides is 1. The van der Waals surface area contributed by atoms with Crippen LogP contribution in [0.25, 0.3) is 0 Å². The van der Waals surface area contributed by atoms with E-state index < -0.39 is 4.92 Å². The van der Waals surface area contributed by atoms with Gasteiger partial charge in [-0.2, -0.15) is 0 Å². The van der Waals surface area contributed by atoms with Crippen LogP contribution in [0.4, 0.5) is 5.69 Å². The van der Waals surface area contributed by atoms with Gasteiger partial charge in [-0.1, -0.05) is 12.1 Å². The molecule has 1 aliphatic rings. The molecule has 21 heavy (non-hydrogen) atoms. The molecule has 6 nitrogen and oxygen atoms in total. The van der Waals surface area contributed by atoms with Crippen molar-refractivity contribution < 1.29 is 9.72 Å². The maximum atomic E-state index is 12.3. The van der Waals surface area contributed by atoms with E-state index in [0.717, 1.165) is 5.56 Å². The van der Waals surface area contributed by atoms with Gasteiger partial charge in [-0.15, -0.1) is 0 Å². The van der Waals surface area contributed by atoms with Crippen molar-refractivity contribution in [3.05, 3.63) is 39.9 Å². The van der Waals surface area contributed by atoms with Crippen LogP contribution < -0.4 is 5.73 Å². The lowest BCUT2D eigenvalue weighted by atomic mass is 9.86. The van der Waals surface area contributed by atoms with E-state index in [1.165, 1.54) is 12.1 Å². The summed E-state index contributed by atoms with van der Waals surface area (Å²) >= 11 is 0. The average Bonchev–Trinajstić information content (AvgIpc) is 2.40. The van der Waals surface area contributed by atoms with Crippen LogP contribution in [0.1, 0.15) is 45.2 Å². The smallest absolute Gasteiger partial charge is 0.269 e. The van der Waals surface area contributed by atoms with Crippen LogP contribution in [0.3, 0.4) is 0 Å². The Morgan fingerprint density at radius 1 is 1.29 bits per heavy atom. The number of nitrogens with two attached hydrogens (primary N) is 1.